The van der Waals surface area contributed by atoms with Gasteiger partial charge in [-0.05, 0) is 26.0 Å². The van der Waals surface area contributed by atoms with E-state index in [1.807, 2.05) is 0 Å². The van der Waals surface area contributed by atoms with Gasteiger partial charge in [-0.3, -0.25) is 4.79 Å². The fourth-order valence-electron chi connectivity index (χ4n) is 0.983. The Morgan fingerprint density at radius 1 is 1.41 bits per heavy atom. The smallest absolute Gasteiger partial charge is 0.354 e. The number of hydrogen-bond donors (Lipinski definition) is 2. The molecule has 17 heavy (non-hydrogen) atoms. The van der Waals surface area contributed by atoms with Crippen molar-refractivity contribution in [1.29, 1.82) is 0 Å². The first-order valence-corrected chi connectivity index (χ1v) is 4.94. The van der Waals surface area contributed by atoms with Gasteiger partial charge in [-0.1, -0.05) is 6.07 Å². The van der Waals surface area contributed by atoms with Gasteiger partial charge in [0.15, 0.2) is 5.69 Å². The number of carbonyl (C=O) groups excluding carboxylic acids is 1. The maximum atomic E-state index is 11.7. The summed E-state index contributed by atoms with van der Waals surface area (Å²) in [4.78, 5) is 26.2. The number of rotatable bonds is 4. The van der Waals surface area contributed by atoms with Crippen LogP contribution in [0.4, 0.5) is 5.82 Å². The number of nitrogens with zero attached hydrogens (tertiary/aromatic N) is 1. The molecule has 92 valence electrons. The van der Waals surface area contributed by atoms with Gasteiger partial charge in [-0.25, -0.2) is 9.78 Å². The molecular weight excluding hydrogens is 224 g/mol. The molecule has 0 aromatic carbocycles. The number of anilines is 1. The van der Waals surface area contributed by atoms with Crippen LogP contribution in [0, 0.1) is 0 Å². The van der Waals surface area contributed by atoms with Crippen LogP contribution in [0.3, 0.4) is 0 Å². The number of methoxy groups -OCH3 is 1. The molecule has 1 rings (SSSR count). The monoisotopic (exact) mass is 238 g/mol. The van der Waals surface area contributed by atoms with Gasteiger partial charge in [0.05, 0.1) is 0 Å². The number of carbonyl (C=O) groups is 2. The number of hydrogen-bond acceptors (Lipinski definition) is 4. The Hall–Kier alpha value is -1.95. The first-order chi connectivity index (χ1) is 7.86. The molecule has 2 N–H and O–H groups in total. The Kier molecular flexibility index (Phi) is 3.80. The van der Waals surface area contributed by atoms with Gasteiger partial charge >= 0.3 is 5.97 Å². The molecule has 0 saturated carbocycles. The third-order valence-corrected chi connectivity index (χ3v) is 2.27. The van der Waals surface area contributed by atoms with Crippen molar-refractivity contribution < 1.29 is 19.4 Å². The number of nitrogens with one attached hydrogen (secondary N) is 1. The lowest BCUT2D eigenvalue weighted by atomic mass is 10.1. The molecule has 0 aliphatic carbocycles. The molecule has 6 nitrogen and oxygen atoms in total. The minimum atomic E-state index is -1.15. The molecule has 0 spiro atoms. The Morgan fingerprint density at radius 3 is 2.59 bits per heavy atom. The Bertz CT molecular complexity index is 443. The van der Waals surface area contributed by atoms with Crippen LogP contribution in [0.25, 0.3) is 0 Å². The van der Waals surface area contributed by atoms with E-state index in [0.29, 0.717) is 0 Å². The number of carboxylic acid groups (broad SMARTS) is 1. The fraction of sp³-hybridized carbons (Fsp3) is 0.364. The number of ether oxygens (including phenoxy) is 1. The van der Waals surface area contributed by atoms with Crippen LogP contribution in [0.1, 0.15) is 24.3 Å². The van der Waals surface area contributed by atoms with E-state index < -0.39 is 17.5 Å². The second-order valence-corrected chi connectivity index (χ2v) is 3.88. The highest BCUT2D eigenvalue weighted by molar-refractivity contribution is 5.96. The lowest BCUT2D eigenvalue weighted by Gasteiger charge is -2.21. The second kappa shape index (κ2) is 4.92. The van der Waals surface area contributed by atoms with Crippen molar-refractivity contribution in [1.82, 2.24) is 4.98 Å². The Labute approximate surface area is 98.6 Å². The minimum Gasteiger partial charge on any atom is -0.477 e. The molecule has 1 aromatic rings. The van der Waals surface area contributed by atoms with Gasteiger partial charge in [0.25, 0.3) is 5.91 Å². The zero-order chi connectivity index (χ0) is 13.1. The lowest BCUT2D eigenvalue weighted by molar-refractivity contribution is -0.133. The van der Waals surface area contributed by atoms with Gasteiger partial charge in [0, 0.05) is 7.11 Å². The third kappa shape index (κ3) is 3.25. The van der Waals surface area contributed by atoms with Gasteiger partial charge in [0.1, 0.15) is 11.4 Å². The SMILES string of the molecule is COC(C)(C)C(=O)Nc1cccc(C(=O)O)n1. The van der Waals surface area contributed by atoms with Crippen molar-refractivity contribution in [3.05, 3.63) is 23.9 Å². The number of carboxylic acids is 1. The van der Waals surface area contributed by atoms with Gasteiger partial charge in [-0.2, -0.15) is 0 Å². The molecule has 0 unspecified atom stereocenters. The molecule has 0 fully saturated rings. The van der Waals surface area contributed by atoms with Gasteiger partial charge in [-0.15, -0.1) is 0 Å². The van der Waals surface area contributed by atoms with Crippen LogP contribution >= 0.6 is 0 Å². The molecule has 0 radical (unpaired) electrons. The fourth-order valence-corrected chi connectivity index (χ4v) is 0.983. The molecule has 0 aliphatic rings. The summed E-state index contributed by atoms with van der Waals surface area (Å²) >= 11 is 0. The van der Waals surface area contributed by atoms with Crippen LogP contribution in [-0.4, -0.2) is 34.7 Å². The Morgan fingerprint density at radius 2 is 2.06 bits per heavy atom. The summed E-state index contributed by atoms with van der Waals surface area (Å²) in [6.07, 6.45) is 0. The first-order valence-electron chi connectivity index (χ1n) is 4.94. The molecule has 1 aromatic heterocycles. The number of amides is 1. The zero-order valence-electron chi connectivity index (χ0n) is 9.85. The predicted octanol–water partition coefficient (Wildman–Crippen LogP) is 1.14. The molecule has 6 heteroatoms. The molecule has 0 atom stereocenters. The van der Waals surface area contributed by atoms with Crippen molar-refractivity contribution in [3.63, 3.8) is 0 Å². The average molecular weight is 238 g/mol. The van der Waals surface area contributed by atoms with Crippen molar-refractivity contribution in [2.75, 3.05) is 12.4 Å². The van der Waals surface area contributed by atoms with E-state index in [2.05, 4.69) is 10.3 Å². The first kappa shape index (κ1) is 13.1. The number of aromatic carboxylic acids is 1. The van der Waals surface area contributed by atoms with E-state index >= 15 is 0 Å². The largest absolute Gasteiger partial charge is 0.477 e. The maximum absolute atomic E-state index is 11.7. The number of pyridine rings is 1. The molecule has 1 heterocycles. The summed E-state index contributed by atoms with van der Waals surface area (Å²) in [5, 5.41) is 11.2. The highest BCUT2D eigenvalue weighted by atomic mass is 16.5. The van der Waals surface area contributed by atoms with Crippen LogP contribution in [0.5, 0.6) is 0 Å². The van der Waals surface area contributed by atoms with Crippen molar-refractivity contribution >= 4 is 17.7 Å². The molecular formula is C11H14N2O4. The van der Waals surface area contributed by atoms with Crippen LogP contribution < -0.4 is 5.32 Å². The standard InChI is InChI=1S/C11H14N2O4/c1-11(2,17-3)10(16)13-8-6-4-5-7(12-8)9(14)15/h4-6H,1-3H3,(H,14,15)(H,12,13,16). The highest BCUT2D eigenvalue weighted by Crippen LogP contribution is 2.12. The van der Waals surface area contributed by atoms with E-state index in [4.69, 9.17) is 9.84 Å². The highest BCUT2D eigenvalue weighted by Gasteiger charge is 2.27. The molecule has 0 aliphatic heterocycles. The van der Waals surface area contributed by atoms with Gasteiger partial charge in [0.2, 0.25) is 0 Å². The van der Waals surface area contributed by atoms with Crippen molar-refractivity contribution in [2.24, 2.45) is 0 Å². The zero-order valence-corrected chi connectivity index (χ0v) is 9.85. The van der Waals surface area contributed by atoms with E-state index in [0.717, 1.165) is 0 Å². The molecule has 1 amide bonds. The summed E-state index contributed by atoms with van der Waals surface area (Å²) in [5.74, 6) is -1.36. The lowest BCUT2D eigenvalue weighted by Crippen LogP contribution is -2.39. The van der Waals surface area contributed by atoms with Crippen molar-refractivity contribution in [3.8, 4) is 0 Å². The topological polar surface area (TPSA) is 88.5 Å². The van der Waals surface area contributed by atoms with Crippen molar-refractivity contribution in [2.45, 2.75) is 19.4 Å². The quantitative estimate of drug-likeness (QED) is 0.821. The summed E-state index contributed by atoms with van der Waals surface area (Å²) in [7, 11) is 1.42. The summed E-state index contributed by atoms with van der Waals surface area (Å²) in [6, 6.07) is 4.36. The van der Waals surface area contributed by atoms with E-state index in [9.17, 15) is 9.59 Å². The maximum Gasteiger partial charge on any atom is 0.354 e. The molecule has 0 bridgehead atoms. The average Bonchev–Trinajstić information content (AvgIpc) is 2.29. The van der Waals surface area contributed by atoms with Gasteiger partial charge < -0.3 is 15.2 Å². The third-order valence-electron chi connectivity index (χ3n) is 2.27. The second-order valence-electron chi connectivity index (χ2n) is 3.88. The normalized spacial score (nSPS) is 11.0. The van der Waals surface area contributed by atoms with E-state index in [1.54, 1.807) is 13.8 Å². The van der Waals surface area contributed by atoms with Crippen LogP contribution in [0.2, 0.25) is 0 Å². The predicted molar refractivity (Wildman–Crippen MR) is 60.9 cm³/mol. The van der Waals surface area contributed by atoms with E-state index in [-0.39, 0.29) is 11.5 Å². The van der Waals surface area contributed by atoms with Crippen LogP contribution in [-0.2, 0) is 9.53 Å². The minimum absolute atomic E-state index is 0.127. The summed E-state index contributed by atoms with van der Waals surface area (Å²) in [5.41, 5.74) is -1.13. The molecule has 0 saturated heterocycles. The van der Waals surface area contributed by atoms with E-state index in [1.165, 1.54) is 25.3 Å². The summed E-state index contributed by atoms with van der Waals surface area (Å²) < 4.78 is 4.99. The summed E-state index contributed by atoms with van der Waals surface area (Å²) in [6.45, 7) is 3.20. The number of aromatic nitrogens is 1. The van der Waals surface area contributed by atoms with Crippen LogP contribution in [0.15, 0.2) is 18.2 Å². The Balaban J connectivity index is 2.86.